The van der Waals surface area contributed by atoms with Crippen LogP contribution in [0.5, 0.6) is 0 Å². The third-order valence-electron chi connectivity index (χ3n) is 4.42. The molecule has 0 aliphatic heterocycles. The highest BCUT2D eigenvalue weighted by Gasteiger charge is 2.32. The normalized spacial score (nSPS) is 25.3. The van der Waals surface area contributed by atoms with Gasteiger partial charge < -0.3 is 0 Å². The van der Waals surface area contributed by atoms with Gasteiger partial charge in [0, 0.05) is 5.56 Å². The van der Waals surface area contributed by atoms with Crippen LogP contribution in [-0.2, 0) is 0 Å². The number of hydrazine groups is 1. The van der Waals surface area contributed by atoms with Crippen molar-refractivity contribution in [3.05, 3.63) is 34.1 Å². The Hall–Kier alpha value is -0.450. The number of benzene rings is 1. The minimum absolute atomic E-state index is 0.0947. The third-order valence-corrected chi connectivity index (χ3v) is 5.03. The van der Waals surface area contributed by atoms with Gasteiger partial charge in [-0.05, 0) is 40.3 Å². The van der Waals surface area contributed by atoms with Gasteiger partial charge in [-0.3, -0.25) is 11.3 Å². The van der Waals surface area contributed by atoms with Crippen LogP contribution >= 0.6 is 15.9 Å². The number of hydrogen-bond acceptors (Lipinski definition) is 2. The van der Waals surface area contributed by atoms with Crippen LogP contribution in [0, 0.1) is 17.7 Å². The van der Waals surface area contributed by atoms with Gasteiger partial charge in [-0.1, -0.05) is 44.7 Å². The Morgan fingerprint density at radius 1 is 1.42 bits per heavy atom. The van der Waals surface area contributed by atoms with Crippen LogP contribution in [0.15, 0.2) is 22.7 Å². The van der Waals surface area contributed by atoms with Crippen molar-refractivity contribution in [2.75, 3.05) is 0 Å². The molecule has 3 unspecified atom stereocenters. The van der Waals surface area contributed by atoms with Crippen molar-refractivity contribution in [3.8, 4) is 0 Å². The van der Waals surface area contributed by atoms with Gasteiger partial charge in [0.05, 0.1) is 10.5 Å². The van der Waals surface area contributed by atoms with Crippen LogP contribution in [0.1, 0.15) is 50.6 Å². The topological polar surface area (TPSA) is 38.0 Å². The van der Waals surface area contributed by atoms with Gasteiger partial charge in [-0.15, -0.1) is 0 Å². The Morgan fingerprint density at radius 2 is 2.16 bits per heavy atom. The van der Waals surface area contributed by atoms with Crippen molar-refractivity contribution in [1.82, 2.24) is 5.43 Å². The summed E-state index contributed by atoms with van der Waals surface area (Å²) in [6.07, 6.45) is 6.00. The number of nitrogens with one attached hydrogen (secondary N) is 1. The van der Waals surface area contributed by atoms with Gasteiger partial charge in [0.25, 0.3) is 0 Å². The molecule has 0 saturated heterocycles. The fraction of sp³-hybridized carbons (Fsp3) is 0.600. The van der Waals surface area contributed by atoms with E-state index >= 15 is 0 Å². The van der Waals surface area contributed by atoms with E-state index in [2.05, 4.69) is 28.3 Å². The second-order valence-corrected chi connectivity index (χ2v) is 6.26. The predicted octanol–water partition coefficient (Wildman–Crippen LogP) is 4.31. The van der Waals surface area contributed by atoms with Gasteiger partial charge in [-0.2, -0.15) is 0 Å². The van der Waals surface area contributed by atoms with Crippen LogP contribution in [0.2, 0.25) is 0 Å². The highest BCUT2D eigenvalue weighted by atomic mass is 79.9. The molecule has 1 aliphatic carbocycles. The number of rotatable bonds is 4. The molecule has 0 aromatic heterocycles. The summed E-state index contributed by atoms with van der Waals surface area (Å²) in [6, 6.07) is 5.34. The molecule has 1 aromatic rings. The largest absolute Gasteiger partial charge is 0.271 e. The summed E-state index contributed by atoms with van der Waals surface area (Å²) in [6.45, 7) is 2.22. The smallest absolute Gasteiger partial charge is 0.142 e. The van der Waals surface area contributed by atoms with Gasteiger partial charge in [0.15, 0.2) is 0 Å². The Labute approximate surface area is 123 Å². The van der Waals surface area contributed by atoms with Gasteiger partial charge in [0.2, 0.25) is 0 Å². The SMILES string of the molecule is CCC1CCCCC1C(NN)c1cccc(Br)c1F. The summed E-state index contributed by atoms with van der Waals surface area (Å²) in [7, 11) is 0. The maximum atomic E-state index is 14.3. The number of hydrogen-bond donors (Lipinski definition) is 2. The summed E-state index contributed by atoms with van der Waals surface area (Å²) in [4.78, 5) is 0. The minimum atomic E-state index is -0.189. The van der Waals surface area contributed by atoms with E-state index in [-0.39, 0.29) is 11.9 Å². The predicted molar refractivity (Wildman–Crippen MR) is 79.9 cm³/mol. The molecular formula is C15H22BrFN2. The first-order valence-electron chi connectivity index (χ1n) is 7.09. The summed E-state index contributed by atoms with van der Waals surface area (Å²) in [5, 5.41) is 0. The van der Waals surface area contributed by atoms with Crippen molar-refractivity contribution in [1.29, 1.82) is 0 Å². The highest BCUT2D eigenvalue weighted by Crippen LogP contribution is 2.41. The van der Waals surface area contributed by atoms with Crippen molar-refractivity contribution < 1.29 is 4.39 Å². The molecule has 2 nitrogen and oxygen atoms in total. The van der Waals surface area contributed by atoms with Crippen molar-refractivity contribution in [2.45, 2.75) is 45.1 Å². The van der Waals surface area contributed by atoms with E-state index in [1.165, 1.54) is 19.3 Å². The zero-order chi connectivity index (χ0) is 13.8. The lowest BCUT2D eigenvalue weighted by atomic mass is 9.72. The van der Waals surface area contributed by atoms with E-state index in [1.54, 1.807) is 6.07 Å². The standard InChI is InChI=1S/C15H22BrFN2/c1-2-10-6-3-4-7-11(10)15(19-18)12-8-5-9-13(16)14(12)17/h5,8-11,15,19H,2-4,6-7,18H2,1H3. The maximum absolute atomic E-state index is 14.3. The van der Waals surface area contributed by atoms with E-state index in [9.17, 15) is 4.39 Å². The molecule has 0 heterocycles. The molecule has 1 saturated carbocycles. The summed E-state index contributed by atoms with van der Waals surface area (Å²) in [5.74, 6) is 6.61. The molecule has 1 aromatic carbocycles. The molecule has 19 heavy (non-hydrogen) atoms. The zero-order valence-corrected chi connectivity index (χ0v) is 12.9. The molecule has 1 fully saturated rings. The van der Waals surface area contributed by atoms with Gasteiger partial charge >= 0.3 is 0 Å². The molecule has 1 aliphatic rings. The highest BCUT2D eigenvalue weighted by molar-refractivity contribution is 9.10. The second-order valence-electron chi connectivity index (χ2n) is 5.40. The Bertz CT molecular complexity index is 425. The minimum Gasteiger partial charge on any atom is -0.271 e. The lowest BCUT2D eigenvalue weighted by molar-refractivity contribution is 0.173. The zero-order valence-electron chi connectivity index (χ0n) is 11.3. The van der Waals surface area contributed by atoms with E-state index < -0.39 is 0 Å². The van der Waals surface area contributed by atoms with Crippen LogP contribution in [0.3, 0.4) is 0 Å². The quantitative estimate of drug-likeness (QED) is 0.638. The lowest BCUT2D eigenvalue weighted by Crippen LogP contribution is -2.38. The first-order valence-corrected chi connectivity index (χ1v) is 7.88. The number of halogens is 2. The molecular weight excluding hydrogens is 307 g/mol. The first-order chi connectivity index (χ1) is 9.19. The van der Waals surface area contributed by atoms with Crippen molar-refractivity contribution in [3.63, 3.8) is 0 Å². The van der Waals surface area contributed by atoms with Crippen LogP contribution in [-0.4, -0.2) is 0 Å². The second kappa shape index (κ2) is 6.82. The van der Waals surface area contributed by atoms with Crippen LogP contribution < -0.4 is 11.3 Å². The van der Waals surface area contributed by atoms with E-state index in [1.807, 2.05) is 12.1 Å². The van der Waals surface area contributed by atoms with E-state index in [0.717, 1.165) is 12.8 Å². The van der Waals surface area contributed by atoms with E-state index in [0.29, 0.717) is 21.9 Å². The molecule has 0 spiro atoms. The fourth-order valence-electron chi connectivity index (χ4n) is 3.39. The summed E-state index contributed by atoms with van der Waals surface area (Å²) < 4.78 is 14.8. The fourth-order valence-corrected chi connectivity index (χ4v) is 3.77. The molecule has 0 bridgehead atoms. The average Bonchev–Trinajstić information content (AvgIpc) is 2.45. The molecule has 0 radical (unpaired) electrons. The molecule has 106 valence electrons. The van der Waals surface area contributed by atoms with Gasteiger partial charge in [-0.25, -0.2) is 4.39 Å². The van der Waals surface area contributed by atoms with Crippen LogP contribution in [0.25, 0.3) is 0 Å². The van der Waals surface area contributed by atoms with Crippen LogP contribution in [0.4, 0.5) is 4.39 Å². The third kappa shape index (κ3) is 3.18. The molecule has 4 heteroatoms. The Balaban J connectivity index is 2.30. The van der Waals surface area contributed by atoms with Crippen molar-refractivity contribution >= 4 is 15.9 Å². The number of nitrogens with two attached hydrogens (primary N) is 1. The summed E-state index contributed by atoms with van der Waals surface area (Å²) >= 11 is 3.26. The monoisotopic (exact) mass is 328 g/mol. The molecule has 3 atom stereocenters. The molecule has 2 rings (SSSR count). The first kappa shape index (κ1) is 14.9. The molecule has 0 amide bonds. The maximum Gasteiger partial charge on any atom is 0.142 e. The lowest BCUT2D eigenvalue weighted by Gasteiger charge is -2.37. The molecule has 3 N–H and O–H groups in total. The average molecular weight is 329 g/mol. The van der Waals surface area contributed by atoms with Gasteiger partial charge in [0.1, 0.15) is 5.82 Å². The van der Waals surface area contributed by atoms with E-state index in [4.69, 9.17) is 5.84 Å². The Kier molecular flexibility index (Phi) is 5.37. The van der Waals surface area contributed by atoms with Crippen molar-refractivity contribution in [2.24, 2.45) is 17.7 Å². The summed E-state index contributed by atoms with van der Waals surface area (Å²) in [5.41, 5.74) is 3.54. The Morgan fingerprint density at radius 3 is 2.84 bits per heavy atom.